The minimum Gasteiger partial charge on any atom is -0.330 e. The standard InChI is InChI=1S/C10H25N3O2S/c1-9(2)13(8-6-7-11)16(14,15)12-10(3,4)5/h9,12H,6-8,11H2,1-5H3. The van der Waals surface area contributed by atoms with Crippen LogP contribution in [0.2, 0.25) is 0 Å². The van der Waals surface area contributed by atoms with Crippen LogP contribution < -0.4 is 10.5 Å². The summed E-state index contributed by atoms with van der Waals surface area (Å²) >= 11 is 0. The van der Waals surface area contributed by atoms with Gasteiger partial charge in [-0.1, -0.05) is 0 Å². The Hall–Kier alpha value is -0.170. The minimum absolute atomic E-state index is 0.0635. The van der Waals surface area contributed by atoms with Crippen molar-refractivity contribution in [2.45, 2.75) is 52.6 Å². The molecule has 0 aromatic carbocycles. The molecule has 0 fully saturated rings. The van der Waals surface area contributed by atoms with Gasteiger partial charge in [-0.05, 0) is 47.6 Å². The molecule has 0 aromatic rings. The fraction of sp³-hybridized carbons (Fsp3) is 1.00. The fourth-order valence-electron chi connectivity index (χ4n) is 1.35. The zero-order valence-electron chi connectivity index (χ0n) is 10.9. The largest absolute Gasteiger partial charge is 0.330 e. The summed E-state index contributed by atoms with van der Waals surface area (Å²) in [5.41, 5.74) is 4.94. The summed E-state index contributed by atoms with van der Waals surface area (Å²) in [5.74, 6) is 0. The lowest BCUT2D eigenvalue weighted by atomic mass is 10.1. The average Bonchev–Trinajstić information content (AvgIpc) is 1.98. The highest BCUT2D eigenvalue weighted by atomic mass is 32.2. The van der Waals surface area contributed by atoms with Crippen molar-refractivity contribution < 1.29 is 8.42 Å². The lowest BCUT2D eigenvalue weighted by Gasteiger charge is -2.30. The highest BCUT2D eigenvalue weighted by Gasteiger charge is 2.28. The smallest absolute Gasteiger partial charge is 0.280 e. The van der Waals surface area contributed by atoms with Gasteiger partial charge >= 0.3 is 0 Å². The number of nitrogens with zero attached hydrogens (tertiary/aromatic N) is 1. The molecule has 0 bridgehead atoms. The van der Waals surface area contributed by atoms with Gasteiger partial charge < -0.3 is 5.73 Å². The Morgan fingerprint density at radius 3 is 2.12 bits per heavy atom. The first-order valence-electron chi connectivity index (χ1n) is 5.61. The van der Waals surface area contributed by atoms with Crippen LogP contribution in [-0.2, 0) is 10.2 Å². The van der Waals surface area contributed by atoms with Gasteiger partial charge in [-0.2, -0.15) is 17.4 Å². The monoisotopic (exact) mass is 251 g/mol. The van der Waals surface area contributed by atoms with Crippen LogP contribution in [-0.4, -0.2) is 37.4 Å². The first-order valence-corrected chi connectivity index (χ1v) is 7.05. The third kappa shape index (κ3) is 5.79. The van der Waals surface area contributed by atoms with Gasteiger partial charge in [0, 0.05) is 18.1 Å². The second-order valence-corrected chi connectivity index (χ2v) is 6.83. The predicted molar refractivity (Wildman–Crippen MR) is 67.3 cm³/mol. The molecule has 0 radical (unpaired) electrons. The van der Waals surface area contributed by atoms with E-state index in [0.717, 1.165) is 0 Å². The Labute approximate surface area is 99.6 Å². The summed E-state index contributed by atoms with van der Waals surface area (Å²) in [6.45, 7) is 10.1. The van der Waals surface area contributed by atoms with Crippen LogP contribution in [0.25, 0.3) is 0 Å². The van der Waals surface area contributed by atoms with Crippen LogP contribution in [0.4, 0.5) is 0 Å². The van der Waals surface area contributed by atoms with E-state index in [2.05, 4.69) is 4.72 Å². The van der Waals surface area contributed by atoms with Gasteiger partial charge in [-0.25, -0.2) is 0 Å². The molecule has 0 saturated carbocycles. The summed E-state index contributed by atoms with van der Waals surface area (Å²) in [6.07, 6.45) is 0.670. The predicted octanol–water partition coefficient (Wildman–Crippen LogP) is 0.679. The van der Waals surface area contributed by atoms with Crippen molar-refractivity contribution in [1.29, 1.82) is 0 Å². The van der Waals surface area contributed by atoms with Gasteiger partial charge in [0.2, 0.25) is 0 Å². The molecule has 0 atom stereocenters. The Balaban J connectivity index is 4.77. The van der Waals surface area contributed by atoms with Crippen molar-refractivity contribution in [2.24, 2.45) is 5.73 Å². The summed E-state index contributed by atoms with van der Waals surface area (Å²) in [6, 6.07) is -0.0635. The quantitative estimate of drug-likeness (QED) is 0.729. The topological polar surface area (TPSA) is 75.4 Å². The van der Waals surface area contributed by atoms with Crippen molar-refractivity contribution in [2.75, 3.05) is 13.1 Å². The number of hydrogen-bond donors (Lipinski definition) is 2. The maximum atomic E-state index is 12.1. The molecule has 0 amide bonds. The van der Waals surface area contributed by atoms with Crippen molar-refractivity contribution >= 4 is 10.2 Å². The van der Waals surface area contributed by atoms with E-state index < -0.39 is 15.7 Å². The summed E-state index contributed by atoms with van der Waals surface area (Å²) < 4.78 is 28.2. The van der Waals surface area contributed by atoms with Gasteiger partial charge in [0.15, 0.2) is 0 Å². The van der Waals surface area contributed by atoms with E-state index in [1.54, 1.807) is 0 Å². The molecule has 0 aliphatic carbocycles. The van der Waals surface area contributed by atoms with Gasteiger partial charge in [-0.3, -0.25) is 0 Å². The molecular weight excluding hydrogens is 226 g/mol. The minimum atomic E-state index is -3.42. The van der Waals surface area contributed by atoms with Gasteiger partial charge in [0.25, 0.3) is 10.2 Å². The van der Waals surface area contributed by atoms with E-state index in [0.29, 0.717) is 19.5 Å². The summed E-state index contributed by atoms with van der Waals surface area (Å²) in [4.78, 5) is 0. The Morgan fingerprint density at radius 2 is 1.81 bits per heavy atom. The number of nitrogens with two attached hydrogens (primary N) is 1. The first kappa shape index (κ1) is 15.8. The third-order valence-electron chi connectivity index (χ3n) is 1.90. The summed E-state index contributed by atoms with van der Waals surface area (Å²) in [7, 11) is -3.42. The molecule has 0 aliphatic heterocycles. The van der Waals surface area contributed by atoms with Crippen molar-refractivity contribution in [3.63, 3.8) is 0 Å². The van der Waals surface area contributed by atoms with Gasteiger partial charge in [-0.15, -0.1) is 0 Å². The molecule has 16 heavy (non-hydrogen) atoms. The molecule has 6 heteroatoms. The number of rotatable bonds is 6. The van der Waals surface area contributed by atoms with Crippen molar-refractivity contribution in [3.8, 4) is 0 Å². The molecule has 0 aliphatic rings. The molecule has 0 spiro atoms. The van der Waals surface area contributed by atoms with Crippen LogP contribution in [0.1, 0.15) is 41.0 Å². The Bertz CT molecular complexity index is 294. The normalized spacial score (nSPS) is 13.8. The Morgan fingerprint density at radius 1 is 1.31 bits per heavy atom. The van der Waals surface area contributed by atoms with Crippen LogP contribution in [0.15, 0.2) is 0 Å². The average molecular weight is 251 g/mol. The highest BCUT2D eigenvalue weighted by Crippen LogP contribution is 2.10. The van der Waals surface area contributed by atoms with E-state index in [9.17, 15) is 8.42 Å². The maximum Gasteiger partial charge on any atom is 0.280 e. The maximum absolute atomic E-state index is 12.1. The van der Waals surface area contributed by atoms with Crippen molar-refractivity contribution in [1.82, 2.24) is 9.03 Å². The molecular formula is C10H25N3O2S. The Kier molecular flexibility index (Phi) is 5.89. The molecule has 0 aromatic heterocycles. The van der Waals surface area contributed by atoms with Crippen LogP contribution in [0.3, 0.4) is 0 Å². The molecule has 3 N–H and O–H groups in total. The van der Waals surface area contributed by atoms with E-state index in [4.69, 9.17) is 5.73 Å². The van der Waals surface area contributed by atoms with E-state index in [1.165, 1.54) is 4.31 Å². The van der Waals surface area contributed by atoms with Crippen LogP contribution >= 0.6 is 0 Å². The number of nitrogens with one attached hydrogen (secondary N) is 1. The lowest BCUT2D eigenvalue weighted by molar-refractivity contribution is 0.335. The van der Waals surface area contributed by atoms with Crippen LogP contribution in [0, 0.1) is 0 Å². The van der Waals surface area contributed by atoms with E-state index in [1.807, 2.05) is 34.6 Å². The molecule has 0 rings (SSSR count). The molecule has 98 valence electrons. The molecule has 0 saturated heterocycles. The number of hydrogen-bond acceptors (Lipinski definition) is 3. The third-order valence-corrected chi connectivity index (χ3v) is 3.99. The van der Waals surface area contributed by atoms with E-state index in [-0.39, 0.29) is 6.04 Å². The van der Waals surface area contributed by atoms with E-state index >= 15 is 0 Å². The molecule has 0 unspecified atom stereocenters. The second-order valence-electron chi connectivity index (χ2n) is 5.20. The molecule has 0 heterocycles. The SMILES string of the molecule is CC(C)N(CCCN)S(=O)(=O)NC(C)(C)C. The van der Waals surface area contributed by atoms with Gasteiger partial charge in [0.1, 0.15) is 0 Å². The summed E-state index contributed by atoms with van der Waals surface area (Å²) in [5, 5.41) is 0. The first-order chi connectivity index (χ1) is 7.10. The fourth-order valence-corrected chi connectivity index (χ4v) is 3.16. The van der Waals surface area contributed by atoms with Gasteiger partial charge in [0.05, 0.1) is 0 Å². The lowest BCUT2D eigenvalue weighted by Crippen LogP contribution is -2.51. The second kappa shape index (κ2) is 5.95. The molecule has 5 nitrogen and oxygen atoms in total. The van der Waals surface area contributed by atoms with Crippen molar-refractivity contribution in [3.05, 3.63) is 0 Å². The van der Waals surface area contributed by atoms with Crippen LogP contribution in [0.5, 0.6) is 0 Å². The zero-order valence-corrected chi connectivity index (χ0v) is 11.8. The zero-order chi connectivity index (χ0) is 13.0. The highest BCUT2D eigenvalue weighted by molar-refractivity contribution is 7.87.